The van der Waals surface area contributed by atoms with Gasteiger partial charge in [-0.2, -0.15) is 0 Å². The molecular weight excluding hydrogens is 541 g/mol. The predicted octanol–water partition coefficient (Wildman–Crippen LogP) is 7.62. The molecule has 1 fully saturated rings. The molecule has 1 aliphatic carbocycles. The van der Waals surface area contributed by atoms with Gasteiger partial charge in [0.1, 0.15) is 11.5 Å². The van der Waals surface area contributed by atoms with Crippen LogP contribution in [0.4, 0.5) is 5.69 Å². The summed E-state index contributed by atoms with van der Waals surface area (Å²) >= 11 is 12.6. The van der Waals surface area contributed by atoms with Gasteiger partial charge in [-0.05, 0) is 48.4 Å². The number of anilines is 1. The monoisotopic (exact) mass is 563 g/mol. The van der Waals surface area contributed by atoms with Crippen molar-refractivity contribution in [1.29, 1.82) is 0 Å². The molecule has 3 atom stereocenters. The summed E-state index contributed by atoms with van der Waals surface area (Å²) in [5.41, 5.74) is 3.09. The highest BCUT2D eigenvalue weighted by atomic mass is 35.5. The first-order valence-electron chi connectivity index (χ1n) is 13.1. The Bertz CT molecular complexity index is 1720. The normalized spacial score (nSPS) is 21.9. The van der Waals surface area contributed by atoms with Crippen molar-refractivity contribution in [3.63, 3.8) is 0 Å². The number of hydrogen-bond acceptors (Lipinski definition) is 4. The second-order valence-electron chi connectivity index (χ2n) is 10.7. The van der Waals surface area contributed by atoms with Gasteiger partial charge in [0.25, 0.3) is 0 Å². The fourth-order valence-electron chi connectivity index (χ4n) is 6.88. The third-order valence-electron chi connectivity index (χ3n) is 8.60. The second-order valence-corrected chi connectivity index (χ2v) is 11.6. The number of halogens is 2. The van der Waals surface area contributed by atoms with E-state index in [0.717, 1.165) is 16.8 Å². The van der Waals surface area contributed by atoms with Crippen molar-refractivity contribution in [2.75, 3.05) is 4.90 Å². The quantitative estimate of drug-likeness (QED) is 0.190. The van der Waals surface area contributed by atoms with Crippen LogP contribution < -0.4 is 4.90 Å². The molecule has 0 radical (unpaired) electrons. The molecule has 40 heavy (non-hydrogen) atoms. The van der Waals surface area contributed by atoms with Crippen LogP contribution in [0.15, 0.2) is 97.1 Å². The van der Waals surface area contributed by atoms with Gasteiger partial charge in [0.05, 0.1) is 6.04 Å². The Kier molecular flexibility index (Phi) is 5.64. The van der Waals surface area contributed by atoms with E-state index in [-0.39, 0.29) is 17.3 Å². The number of benzene rings is 4. The summed E-state index contributed by atoms with van der Waals surface area (Å²) in [6.07, 6.45) is 3.80. The predicted molar refractivity (Wildman–Crippen MR) is 158 cm³/mol. The first kappa shape index (κ1) is 25.0. The topological polar surface area (TPSA) is 54.5 Å². The van der Waals surface area contributed by atoms with Crippen molar-refractivity contribution in [3.8, 4) is 0 Å². The van der Waals surface area contributed by atoms with Crippen molar-refractivity contribution in [2.45, 2.75) is 24.9 Å². The number of rotatable bonds is 3. The molecule has 1 spiro atoms. The number of ketones is 3. The van der Waals surface area contributed by atoms with Crippen LogP contribution >= 0.6 is 23.2 Å². The van der Waals surface area contributed by atoms with Crippen LogP contribution in [-0.4, -0.2) is 29.4 Å². The van der Waals surface area contributed by atoms with E-state index in [4.69, 9.17) is 23.2 Å². The second kappa shape index (κ2) is 9.02. The molecule has 3 aliphatic rings. The average molecular weight is 564 g/mol. The largest absolute Gasteiger partial charge is 0.352 e. The van der Waals surface area contributed by atoms with Crippen molar-refractivity contribution in [3.05, 3.63) is 140 Å². The standard InChI is InChI=1S/C34H23Cl2NO3/c1-19-6-8-21(9-7-19)31(38)30-29(20-10-13-23(35)14-11-20)34(32(39)25-4-2-3-5-26(25)33(34)40)28-17-12-22-18-24(36)15-16-27(22)37(28)30/h2-18,28-30H,1H3. The van der Waals surface area contributed by atoms with Gasteiger partial charge in [-0.15, -0.1) is 0 Å². The molecule has 0 saturated carbocycles. The lowest BCUT2D eigenvalue weighted by Crippen LogP contribution is -2.48. The molecule has 2 aliphatic heterocycles. The molecule has 0 N–H and O–H groups in total. The van der Waals surface area contributed by atoms with Gasteiger partial charge >= 0.3 is 0 Å². The lowest BCUT2D eigenvalue weighted by molar-refractivity contribution is 0.0666. The third kappa shape index (κ3) is 3.36. The molecule has 2 heterocycles. The smallest absolute Gasteiger partial charge is 0.185 e. The Balaban J connectivity index is 1.54. The minimum absolute atomic E-state index is 0.158. The summed E-state index contributed by atoms with van der Waals surface area (Å²) in [5.74, 6) is -1.45. The van der Waals surface area contributed by atoms with Crippen LogP contribution in [0.5, 0.6) is 0 Å². The van der Waals surface area contributed by atoms with Crippen LogP contribution in [-0.2, 0) is 0 Å². The summed E-state index contributed by atoms with van der Waals surface area (Å²) in [5, 5.41) is 1.09. The maximum absolute atomic E-state index is 14.6. The van der Waals surface area contributed by atoms with Crippen LogP contribution in [0, 0.1) is 12.3 Å². The molecule has 3 unspecified atom stereocenters. The molecule has 4 aromatic carbocycles. The Labute approximate surface area is 241 Å². The van der Waals surface area contributed by atoms with Gasteiger partial charge in [-0.3, -0.25) is 14.4 Å². The Hall–Kier alpha value is -3.99. The first-order valence-corrected chi connectivity index (χ1v) is 13.9. The van der Waals surface area contributed by atoms with Gasteiger partial charge in [0, 0.05) is 38.3 Å². The molecule has 4 aromatic rings. The van der Waals surface area contributed by atoms with Crippen LogP contribution in [0.2, 0.25) is 10.0 Å². The molecule has 196 valence electrons. The number of nitrogens with zero attached hydrogens (tertiary/aromatic N) is 1. The van der Waals surface area contributed by atoms with E-state index in [0.29, 0.717) is 32.3 Å². The van der Waals surface area contributed by atoms with E-state index >= 15 is 0 Å². The van der Waals surface area contributed by atoms with E-state index in [1.165, 1.54) is 0 Å². The molecule has 1 saturated heterocycles. The van der Waals surface area contributed by atoms with Crippen LogP contribution in [0.1, 0.15) is 53.7 Å². The SMILES string of the molecule is Cc1ccc(C(=O)C2C(c3ccc(Cl)cc3)C3(C(=O)c4ccccc4C3=O)C3C=Cc4cc(Cl)ccc4N23)cc1. The molecule has 7 rings (SSSR count). The summed E-state index contributed by atoms with van der Waals surface area (Å²) in [7, 11) is 0. The number of carbonyl (C=O) groups excluding carboxylic acids is 3. The molecule has 0 bridgehead atoms. The average Bonchev–Trinajstić information content (AvgIpc) is 3.39. The van der Waals surface area contributed by atoms with Gasteiger partial charge in [0.2, 0.25) is 0 Å². The van der Waals surface area contributed by atoms with Crippen LogP contribution in [0.25, 0.3) is 6.08 Å². The lowest BCUT2D eigenvalue weighted by Gasteiger charge is -2.37. The fraction of sp³-hybridized carbons (Fsp3) is 0.147. The summed E-state index contributed by atoms with van der Waals surface area (Å²) in [4.78, 5) is 45.8. The molecule has 0 amide bonds. The minimum Gasteiger partial charge on any atom is -0.352 e. The van der Waals surface area contributed by atoms with E-state index in [9.17, 15) is 14.4 Å². The van der Waals surface area contributed by atoms with Gasteiger partial charge in [0.15, 0.2) is 17.3 Å². The summed E-state index contributed by atoms with van der Waals surface area (Å²) in [6.45, 7) is 1.97. The third-order valence-corrected chi connectivity index (χ3v) is 9.09. The Morgan fingerprint density at radius 1 is 0.800 bits per heavy atom. The van der Waals surface area contributed by atoms with Crippen molar-refractivity contribution >= 4 is 52.3 Å². The lowest BCUT2D eigenvalue weighted by atomic mass is 9.64. The van der Waals surface area contributed by atoms with Crippen LogP contribution in [0.3, 0.4) is 0 Å². The number of aryl methyl sites for hydroxylation is 1. The van der Waals surface area contributed by atoms with Crippen molar-refractivity contribution < 1.29 is 14.4 Å². The number of hydrogen-bond donors (Lipinski definition) is 0. The zero-order valence-corrected chi connectivity index (χ0v) is 23.0. The highest BCUT2D eigenvalue weighted by Crippen LogP contribution is 2.61. The summed E-state index contributed by atoms with van der Waals surface area (Å²) < 4.78 is 0. The maximum Gasteiger partial charge on any atom is 0.185 e. The highest BCUT2D eigenvalue weighted by molar-refractivity contribution is 6.33. The Morgan fingerprint density at radius 3 is 2.08 bits per heavy atom. The zero-order valence-electron chi connectivity index (χ0n) is 21.5. The fourth-order valence-corrected chi connectivity index (χ4v) is 7.19. The van der Waals surface area contributed by atoms with Gasteiger partial charge in [-0.1, -0.05) is 102 Å². The molecular formula is C34H23Cl2NO3. The van der Waals surface area contributed by atoms with Crippen molar-refractivity contribution in [2.24, 2.45) is 5.41 Å². The Morgan fingerprint density at radius 2 is 1.43 bits per heavy atom. The molecule has 0 aromatic heterocycles. The number of fused-ring (bicyclic) bond motifs is 5. The summed E-state index contributed by atoms with van der Waals surface area (Å²) in [6, 6.07) is 25.5. The minimum atomic E-state index is -1.55. The maximum atomic E-state index is 14.6. The van der Waals surface area contributed by atoms with E-state index < -0.39 is 23.4 Å². The van der Waals surface area contributed by atoms with Crippen molar-refractivity contribution in [1.82, 2.24) is 0 Å². The van der Waals surface area contributed by atoms with Gasteiger partial charge in [-0.25, -0.2) is 0 Å². The molecule has 6 heteroatoms. The number of Topliss-reactive ketones (excluding diaryl/α,β-unsaturated/α-hetero) is 3. The van der Waals surface area contributed by atoms with E-state index in [2.05, 4.69) is 0 Å². The van der Waals surface area contributed by atoms with E-state index in [1.54, 1.807) is 42.5 Å². The molecule has 4 nitrogen and oxygen atoms in total. The van der Waals surface area contributed by atoms with E-state index in [1.807, 2.05) is 72.5 Å². The number of carbonyl (C=O) groups is 3. The van der Waals surface area contributed by atoms with Gasteiger partial charge < -0.3 is 4.90 Å². The first-order chi connectivity index (χ1) is 19.3. The highest BCUT2D eigenvalue weighted by Gasteiger charge is 2.71. The zero-order chi connectivity index (χ0) is 27.8.